The van der Waals surface area contributed by atoms with Crippen LogP contribution < -0.4 is 5.32 Å². The molecule has 14 nitrogen and oxygen atoms in total. The fraction of sp³-hybridized carbons (Fsp3) is 0.261. The van der Waals surface area contributed by atoms with E-state index in [2.05, 4.69) is 42.0 Å². The first-order valence-corrected chi connectivity index (χ1v) is 19.8. The van der Waals surface area contributed by atoms with Gasteiger partial charge in [0.2, 0.25) is 6.40 Å². The Morgan fingerprint density at radius 2 is 1.45 bits per heavy atom. The second-order valence-corrected chi connectivity index (χ2v) is 14.6. The number of ether oxygens (including phenoxy) is 1. The summed E-state index contributed by atoms with van der Waals surface area (Å²) in [5, 5.41) is 2.71. The molecule has 2 saturated heterocycles. The molecule has 0 radical (unpaired) electrons. The minimum atomic E-state index is -0.885. The minimum absolute atomic E-state index is 0.137. The summed E-state index contributed by atoms with van der Waals surface area (Å²) in [4.78, 5) is 74.0. The lowest BCUT2D eigenvalue weighted by Gasteiger charge is -2.28. The van der Waals surface area contributed by atoms with Crippen LogP contribution in [0.3, 0.4) is 0 Å². The molecule has 2 aliphatic rings. The lowest BCUT2D eigenvalue weighted by Crippen LogP contribution is -2.42. The summed E-state index contributed by atoms with van der Waals surface area (Å²) in [6.07, 6.45) is 5.43. The van der Waals surface area contributed by atoms with Gasteiger partial charge in [0.05, 0.1) is 49.2 Å². The number of H-pyrrole nitrogens is 2. The molecule has 6 aromatic rings. The molecule has 0 saturated carbocycles. The van der Waals surface area contributed by atoms with Crippen LogP contribution in [0.15, 0.2) is 114 Å². The Labute approximate surface area is 346 Å². The number of alkyl carbamates (subject to hydrolysis) is 1. The Morgan fingerprint density at radius 3 is 2.15 bits per heavy atom. The molecule has 0 aliphatic carbocycles. The number of methoxy groups -OCH3 is 1. The number of fused-ring (bicyclic) bond motifs is 1. The molecule has 8 rings (SSSR count). The second-order valence-electron chi connectivity index (χ2n) is 14.6. The van der Waals surface area contributed by atoms with E-state index in [0.717, 1.165) is 76.9 Å². The summed E-state index contributed by atoms with van der Waals surface area (Å²) in [5.41, 5.74) is 6.48. The van der Waals surface area contributed by atoms with E-state index in [1.54, 1.807) is 11.1 Å². The summed E-state index contributed by atoms with van der Waals surface area (Å²) in [6.45, 7) is 1.14. The van der Waals surface area contributed by atoms with Crippen LogP contribution in [-0.2, 0) is 24.1 Å². The number of carbonyl (C=O) groups is 3. The van der Waals surface area contributed by atoms with E-state index in [1.165, 1.54) is 14.2 Å². The van der Waals surface area contributed by atoms with E-state index in [0.29, 0.717) is 24.5 Å². The second kappa shape index (κ2) is 18.1. The summed E-state index contributed by atoms with van der Waals surface area (Å²) >= 11 is 0. The normalized spacial score (nSPS) is 17.3. The number of nitrogens with one attached hydrogen (secondary N) is 3. The number of likely N-dealkylation sites (tertiary alicyclic amines) is 2. The van der Waals surface area contributed by atoms with Crippen LogP contribution in [0, 0.1) is 11.8 Å². The van der Waals surface area contributed by atoms with Crippen LogP contribution in [0.5, 0.6) is 0 Å². The van der Waals surface area contributed by atoms with E-state index >= 15 is 0 Å². The molecule has 3 amide bonds. The zero-order chi connectivity index (χ0) is 41.4. The van der Waals surface area contributed by atoms with E-state index in [-0.39, 0.29) is 23.9 Å². The van der Waals surface area contributed by atoms with Crippen LogP contribution in [0.2, 0.25) is 0 Å². The lowest BCUT2D eigenvalue weighted by atomic mass is 10.1. The fourth-order valence-corrected chi connectivity index (χ4v) is 7.91. The number of aliphatic imine (C=N–C) groups is 1. The Morgan fingerprint density at radius 1 is 0.800 bits per heavy atom. The van der Waals surface area contributed by atoms with Gasteiger partial charge in [-0.1, -0.05) is 84.6 Å². The van der Waals surface area contributed by atoms with Gasteiger partial charge in [-0.3, -0.25) is 9.59 Å². The summed E-state index contributed by atoms with van der Waals surface area (Å²) in [5.74, 6) is 7.60. The van der Waals surface area contributed by atoms with Gasteiger partial charge in [0.25, 0.3) is 11.8 Å². The minimum Gasteiger partial charge on any atom is -0.453 e. The zero-order valence-corrected chi connectivity index (χ0v) is 33.2. The lowest BCUT2D eigenvalue weighted by molar-refractivity contribution is -0.188. The molecule has 2 fully saturated rings. The van der Waals surface area contributed by atoms with Crippen LogP contribution >= 0.6 is 0 Å². The van der Waals surface area contributed by atoms with Crippen LogP contribution in [-0.4, -0.2) is 81.4 Å². The number of hydrogen-bond acceptors (Lipinski definition) is 9. The topological polar surface area (TPSA) is 167 Å². The highest BCUT2D eigenvalue weighted by molar-refractivity contribution is 5.88. The Balaban J connectivity index is 0.939. The standard InChI is InChI=1S/C46H44N8O6/c1-58-46(57)52-41(34-13-7-4-8-14-34)45(56)53-25-9-15-38(53)42-47-28-37(51-42)32-22-19-30(20-23-32)17-18-31-21-24-35-36(27-31)50-43(49-35)39-16-10-26-54(39)44(55)40(48-29-60-59-2)33-11-5-3-6-12-33/h3-8,11-14,19-24,27-29,38-41H,9-10,15-16,25-26H2,1-2H3,(H,47,51)(H,49,50)(H,52,57)/t38-,39-,40+,41+/m0/s1. The highest BCUT2D eigenvalue weighted by atomic mass is 17.2. The van der Waals surface area contributed by atoms with Crippen molar-refractivity contribution in [3.8, 4) is 23.1 Å². The Kier molecular flexibility index (Phi) is 12.0. The predicted octanol–water partition coefficient (Wildman–Crippen LogP) is 7.12. The fourth-order valence-electron chi connectivity index (χ4n) is 7.91. The molecule has 304 valence electrons. The number of hydrogen-bond donors (Lipinski definition) is 3. The van der Waals surface area contributed by atoms with E-state index in [4.69, 9.17) is 14.6 Å². The molecular formula is C46H44N8O6. The maximum atomic E-state index is 13.9. The summed E-state index contributed by atoms with van der Waals surface area (Å²) in [6, 6.07) is 30.2. The number of amides is 3. The number of nitrogens with zero attached hydrogens (tertiary/aromatic N) is 5. The van der Waals surface area contributed by atoms with E-state index in [9.17, 15) is 14.4 Å². The van der Waals surface area contributed by atoms with Crippen molar-refractivity contribution in [2.75, 3.05) is 27.3 Å². The van der Waals surface area contributed by atoms with Crippen molar-refractivity contribution >= 4 is 35.3 Å². The highest BCUT2D eigenvalue weighted by Crippen LogP contribution is 2.36. The molecular weight excluding hydrogens is 761 g/mol. The average molecular weight is 805 g/mol. The van der Waals surface area contributed by atoms with Crippen LogP contribution in [0.4, 0.5) is 4.79 Å². The third-order valence-corrected chi connectivity index (χ3v) is 10.9. The maximum absolute atomic E-state index is 13.9. The van der Waals surface area contributed by atoms with E-state index < -0.39 is 18.2 Å². The van der Waals surface area contributed by atoms with Gasteiger partial charge >= 0.3 is 6.09 Å². The SMILES string of the molecule is COOC=N[C@@H](C(=O)N1CCC[C@H]1c1nc2ccc(C#Cc3ccc(-c4cnc([C@@H]5CCCN5C(=O)[C@H](NC(=O)OC)c5ccccc5)[nH]4)cc3)cc2[nH]1)c1ccccc1. The van der Waals surface area contributed by atoms with Crippen molar-refractivity contribution in [2.24, 2.45) is 4.99 Å². The van der Waals surface area contributed by atoms with Crippen LogP contribution in [0.1, 0.15) is 83.8 Å². The number of rotatable bonds is 11. The van der Waals surface area contributed by atoms with Gasteiger partial charge in [-0.15, -0.1) is 0 Å². The number of aromatic amines is 2. The molecule has 0 spiro atoms. The Bertz CT molecular complexity index is 2540. The average Bonchev–Trinajstić information content (AvgIpc) is 4.13. The van der Waals surface area contributed by atoms with Gasteiger partial charge in [0.15, 0.2) is 6.04 Å². The molecule has 4 atom stereocenters. The summed E-state index contributed by atoms with van der Waals surface area (Å²) < 4.78 is 4.82. The first kappa shape index (κ1) is 39.6. The molecule has 4 heterocycles. The molecule has 3 N–H and O–H groups in total. The predicted molar refractivity (Wildman–Crippen MR) is 224 cm³/mol. The third kappa shape index (κ3) is 8.62. The monoisotopic (exact) mass is 804 g/mol. The molecule has 0 unspecified atom stereocenters. The highest BCUT2D eigenvalue weighted by Gasteiger charge is 2.38. The number of benzene rings is 4. The van der Waals surface area contributed by atoms with Crippen molar-refractivity contribution < 1.29 is 28.9 Å². The molecule has 60 heavy (non-hydrogen) atoms. The third-order valence-electron chi connectivity index (χ3n) is 10.9. The zero-order valence-electron chi connectivity index (χ0n) is 33.2. The number of imidazole rings is 2. The van der Waals surface area contributed by atoms with Crippen molar-refractivity contribution in [2.45, 2.75) is 49.9 Å². The Hall–Kier alpha value is -7.24. The quantitative estimate of drug-likeness (QED) is 0.0409. The van der Waals surface area contributed by atoms with Crippen molar-refractivity contribution in [3.63, 3.8) is 0 Å². The van der Waals surface area contributed by atoms with Gasteiger partial charge in [-0.25, -0.2) is 19.8 Å². The van der Waals surface area contributed by atoms with Gasteiger partial charge < -0.3 is 34.7 Å². The number of carbonyl (C=O) groups excluding carboxylic acids is 3. The smallest absolute Gasteiger partial charge is 0.407 e. The first-order chi connectivity index (χ1) is 29.4. The maximum Gasteiger partial charge on any atom is 0.407 e. The molecule has 14 heteroatoms. The largest absolute Gasteiger partial charge is 0.453 e. The van der Waals surface area contributed by atoms with Gasteiger partial charge in [0, 0.05) is 24.2 Å². The summed E-state index contributed by atoms with van der Waals surface area (Å²) in [7, 11) is 2.66. The molecule has 2 aromatic heterocycles. The van der Waals surface area contributed by atoms with Crippen molar-refractivity contribution in [1.29, 1.82) is 0 Å². The van der Waals surface area contributed by atoms with Crippen molar-refractivity contribution in [3.05, 3.63) is 143 Å². The van der Waals surface area contributed by atoms with Gasteiger partial charge in [-0.05, 0) is 72.7 Å². The molecule has 2 aliphatic heterocycles. The number of aromatic nitrogens is 4. The first-order valence-electron chi connectivity index (χ1n) is 19.8. The van der Waals surface area contributed by atoms with Crippen molar-refractivity contribution in [1.82, 2.24) is 35.1 Å². The van der Waals surface area contributed by atoms with Crippen LogP contribution in [0.25, 0.3) is 22.3 Å². The molecule has 0 bridgehead atoms. The van der Waals surface area contributed by atoms with E-state index in [1.807, 2.05) is 108 Å². The van der Waals surface area contributed by atoms with Gasteiger partial charge in [0.1, 0.15) is 17.7 Å². The van der Waals surface area contributed by atoms with Gasteiger partial charge in [-0.2, -0.15) is 4.89 Å². The molecule has 4 aromatic carbocycles.